The normalized spacial score (nSPS) is 9.90. The van der Waals surface area contributed by atoms with Gasteiger partial charge in [-0.05, 0) is 20.8 Å². The third kappa shape index (κ3) is 7.15. The van der Waals surface area contributed by atoms with Gasteiger partial charge >= 0.3 is 0 Å². The third-order valence-corrected chi connectivity index (χ3v) is 0.971. The lowest BCUT2D eigenvalue weighted by atomic mass is 10.2. The molecule has 10 heavy (non-hydrogen) atoms. The fourth-order valence-electron chi connectivity index (χ4n) is 0.494. The Labute approximate surface area is 62.4 Å². The van der Waals surface area contributed by atoms with Crippen LogP contribution in [0.5, 0.6) is 0 Å². The second-order valence-corrected chi connectivity index (χ2v) is 2.58. The lowest BCUT2D eigenvalue weighted by molar-refractivity contribution is -0.116. The molecule has 0 atom stereocenters. The van der Waals surface area contributed by atoms with Crippen molar-refractivity contribution in [3.63, 3.8) is 0 Å². The Morgan fingerprint density at radius 3 is 2.30 bits per heavy atom. The van der Waals surface area contributed by atoms with E-state index in [-0.39, 0.29) is 5.78 Å². The average Bonchev–Trinajstić information content (AvgIpc) is 1.79. The van der Waals surface area contributed by atoms with Crippen LogP contribution in [-0.4, -0.2) is 5.78 Å². The number of carbonyl (C=O) groups is 1. The van der Waals surface area contributed by atoms with Gasteiger partial charge in [-0.25, -0.2) is 0 Å². The van der Waals surface area contributed by atoms with Crippen LogP contribution in [0.25, 0.3) is 0 Å². The van der Waals surface area contributed by atoms with Gasteiger partial charge in [-0.1, -0.05) is 23.8 Å². The highest BCUT2D eigenvalue weighted by atomic mass is 16.1. The number of rotatable bonds is 3. The first-order valence-corrected chi connectivity index (χ1v) is 3.42. The molecule has 0 aliphatic rings. The zero-order chi connectivity index (χ0) is 7.98. The highest BCUT2D eigenvalue weighted by molar-refractivity contribution is 5.77. The Morgan fingerprint density at radius 1 is 1.30 bits per heavy atom. The number of allylic oxidation sites excluding steroid dienone is 4. The third-order valence-electron chi connectivity index (χ3n) is 0.971. The molecule has 0 unspecified atom stereocenters. The van der Waals surface area contributed by atoms with Gasteiger partial charge in [-0.2, -0.15) is 0 Å². The number of carbonyl (C=O) groups excluding carboxylic acids is 1. The molecular formula is C9H14O. The van der Waals surface area contributed by atoms with Gasteiger partial charge in [0.1, 0.15) is 5.78 Å². The van der Waals surface area contributed by atoms with E-state index in [2.05, 4.69) is 0 Å². The second-order valence-electron chi connectivity index (χ2n) is 2.58. The molecule has 0 amide bonds. The largest absolute Gasteiger partial charge is 0.300 e. The van der Waals surface area contributed by atoms with Crippen molar-refractivity contribution < 1.29 is 4.79 Å². The Bertz CT molecular complexity index is 160. The Morgan fingerprint density at radius 2 is 1.90 bits per heavy atom. The van der Waals surface area contributed by atoms with Crippen LogP contribution in [0.2, 0.25) is 0 Å². The van der Waals surface area contributed by atoms with Crippen molar-refractivity contribution in [2.45, 2.75) is 27.2 Å². The van der Waals surface area contributed by atoms with Crippen LogP contribution in [0.1, 0.15) is 27.2 Å². The molecule has 56 valence electrons. The van der Waals surface area contributed by atoms with E-state index in [1.807, 2.05) is 32.1 Å². The Kier molecular flexibility index (Phi) is 4.55. The van der Waals surface area contributed by atoms with Crippen molar-refractivity contribution in [1.29, 1.82) is 0 Å². The molecule has 0 saturated carbocycles. The predicted molar refractivity (Wildman–Crippen MR) is 43.9 cm³/mol. The lowest BCUT2D eigenvalue weighted by Gasteiger charge is -1.83. The molecule has 1 heteroatoms. The maximum Gasteiger partial charge on any atom is 0.133 e. The second kappa shape index (κ2) is 4.98. The predicted octanol–water partition coefficient (Wildman–Crippen LogP) is 2.49. The van der Waals surface area contributed by atoms with Gasteiger partial charge in [0.25, 0.3) is 0 Å². The number of Topliss-reactive ketones (excluding diaryl/α,β-unsaturated/α-hetero) is 1. The van der Waals surface area contributed by atoms with Gasteiger partial charge in [0.2, 0.25) is 0 Å². The summed E-state index contributed by atoms with van der Waals surface area (Å²) < 4.78 is 0. The van der Waals surface area contributed by atoms with Crippen molar-refractivity contribution >= 4 is 5.78 Å². The summed E-state index contributed by atoms with van der Waals surface area (Å²) in [6, 6.07) is 0. The first-order chi connectivity index (χ1) is 4.63. The number of hydrogen-bond acceptors (Lipinski definition) is 1. The highest BCUT2D eigenvalue weighted by Crippen LogP contribution is 1.90. The summed E-state index contributed by atoms with van der Waals surface area (Å²) in [5, 5.41) is 0. The van der Waals surface area contributed by atoms with Crippen molar-refractivity contribution in [2.24, 2.45) is 0 Å². The summed E-state index contributed by atoms with van der Waals surface area (Å²) in [5.41, 5.74) is 1.25. The van der Waals surface area contributed by atoms with E-state index in [0.29, 0.717) is 6.42 Å². The summed E-state index contributed by atoms with van der Waals surface area (Å²) in [4.78, 5) is 10.4. The molecule has 0 heterocycles. The van der Waals surface area contributed by atoms with E-state index in [1.54, 1.807) is 6.92 Å². The van der Waals surface area contributed by atoms with Gasteiger partial charge in [0.05, 0.1) is 0 Å². The fourth-order valence-corrected chi connectivity index (χ4v) is 0.494. The quantitative estimate of drug-likeness (QED) is 0.547. The van der Waals surface area contributed by atoms with Crippen LogP contribution in [0.15, 0.2) is 23.8 Å². The first kappa shape index (κ1) is 9.15. The van der Waals surface area contributed by atoms with Crippen molar-refractivity contribution in [3.05, 3.63) is 23.8 Å². The van der Waals surface area contributed by atoms with Gasteiger partial charge in [0.15, 0.2) is 0 Å². The maximum atomic E-state index is 10.4. The zero-order valence-corrected chi connectivity index (χ0v) is 6.85. The molecule has 0 aliphatic carbocycles. The number of ketones is 1. The molecule has 0 aromatic carbocycles. The van der Waals surface area contributed by atoms with Gasteiger partial charge in [-0.15, -0.1) is 0 Å². The van der Waals surface area contributed by atoms with Gasteiger partial charge < -0.3 is 0 Å². The molecule has 0 N–H and O–H groups in total. The summed E-state index contributed by atoms with van der Waals surface area (Å²) >= 11 is 0. The molecule has 0 aliphatic heterocycles. The van der Waals surface area contributed by atoms with E-state index >= 15 is 0 Å². The van der Waals surface area contributed by atoms with Crippen LogP contribution in [0.3, 0.4) is 0 Å². The van der Waals surface area contributed by atoms with Crippen molar-refractivity contribution in [2.75, 3.05) is 0 Å². The van der Waals surface area contributed by atoms with Crippen LogP contribution in [-0.2, 0) is 4.79 Å². The standard InChI is InChI=1S/C9H14O/c1-8(2)6-4-5-7-9(3)10/h4-6H,7H2,1-3H3/b5-4+. The van der Waals surface area contributed by atoms with Crippen LogP contribution >= 0.6 is 0 Å². The molecule has 1 nitrogen and oxygen atoms in total. The van der Waals surface area contributed by atoms with Crippen LogP contribution in [0, 0.1) is 0 Å². The molecule has 0 radical (unpaired) electrons. The minimum Gasteiger partial charge on any atom is -0.300 e. The molecule has 0 rings (SSSR count). The monoisotopic (exact) mass is 138 g/mol. The molecule has 0 aromatic rings. The zero-order valence-electron chi connectivity index (χ0n) is 6.85. The van der Waals surface area contributed by atoms with E-state index in [9.17, 15) is 4.79 Å². The minimum absolute atomic E-state index is 0.207. The Hall–Kier alpha value is -0.850. The Balaban J connectivity index is 3.58. The maximum absolute atomic E-state index is 10.4. The first-order valence-electron chi connectivity index (χ1n) is 3.42. The molecule has 0 bridgehead atoms. The lowest BCUT2D eigenvalue weighted by Crippen LogP contribution is -1.83. The minimum atomic E-state index is 0.207. The van der Waals surface area contributed by atoms with Crippen LogP contribution < -0.4 is 0 Å². The van der Waals surface area contributed by atoms with E-state index in [4.69, 9.17) is 0 Å². The molecular weight excluding hydrogens is 124 g/mol. The average molecular weight is 138 g/mol. The van der Waals surface area contributed by atoms with E-state index in [0.717, 1.165) is 0 Å². The molecule has 0 saturated heterocycles. The van der Waals surface area contributed by atoms with Crippen molar-refractivity contribution in [3.8, 4) is 0 Å². The van der Waals surface area contributed by atoms with Crippen molar-refractivity contribution in [1.82, 2.24) is 0 Å². The van der Waals surface area contributed by atoms with E-state index < -0.39 is 0 Å². The van der Waals surface area contributed by atoms with Gasteiger partial charge in [0, 0.05) is 6.42 Å². The van der Waals surface area contributed by atoms with Crippen LogP contribution in [0.4, 0.5) is 0 Å². The molecule has 0 fully saturated rings. The summed E-state index contributed by atoms with van der Waals surface area (Å²) in [7, 11) is 0. The SMILES string of the molecule is CC(=O)C/C=C/C=C(C)C. The topological polar surface area (TPSA) is 17.1 Å². The number of hydrogen-bond donors (Lipinski definition) is 0. The van der Waals surface area contributed by atoms with E-state index in [1.165, 1.54) is 5.57 Å². The van der Waals surface area contributed by atoms with Gasteiger partial charge in [-0.3, -0.25) is 4.79 Å². The summed E-state index contributed by atoms with van der Waals surface area (Å²) in [5.74, 6) is 0.207. The molecule has 0 aromatic heterocycles. The fraction of sp³-hybridized carbons (Fsp3) is 0.444. The molecule has 0 spiro atoms. The highest BCUT2D eigenvalue weighted by Gasteiger charge is 1.83. The summed E-state index contributed by atoms with van der Waals surface area (Å²) in [6.45, 7) is 5.64. The summed E-state index contributed by atoms with van der Waals surface area (Å²) in [6.07, 6.45) is 6.32. The smallest absolute Gasteiger partial charge is 0.133 e.